The molecule has 9 heteroatoms. The molecule has 2 aromatic carbocycles. The first-order valence-corrected chi connectivity index (χ1v) is 12.1. The smallest absolute Gasteiger partial charge is 0.306 e. The van der Waals surface area contributed by atoms with Crippen LogP contribution in [-0.2, 0) is 23.9 Å². The number of rotatable bonds is 15. The molecule has 0 aromatic heterocycles. The summed E-state index contributed by atoms with van der Waals surface area (Å²) in [4.78, 5) is 50.5. The Balaban J connectivity index is 2.16. The molecule has 0 aliphatic heterocycles. The van der Waals surface area contributed by atoms with Crippen LogP contribution in [0.3, 0.4) is 0 Å². The molecule has 3 atom stereocenters. The fourth-order valence-electron chi connectivity index (χ4n) is 3.52. The van der Waals surface area contributed by atoms with Crippen LogP contribution in [0.2, 0.25) is 0 Å². The van der Waals surface area contributed by atoms with E-state index in [0.717, 1.165) is 10.8 Å². The van der Waals surface area contributed by atoms with Gasteiger partial charge in [0, 0.05) is 24.6 Å². The van der Waals surface area contributed by atoms with Gasteiger partial charge in [-0.2, -0.15) is 0 Å². The number of fused-ring (bicyclic) bond motifs is 1. The molecule has 3 amide bonds. The van der Waals surface area contributed by atoms with Crippen molar-refractivity contribution in [1.82, 2.24) is 10.6 Å². The van der Waals surface area contributed by atoms with Crippen molar-refractivity contribution in [2.75, 3.05) is 18.5 Å². The third-order valence-electron chi connectivity index (χ3n) is 5.55. The van der Waals surface area contributed by atoms with E-state index in [1.807, 2.05) is 30.3 Å². The summed E-state index contributed by atoms with van der Waals surface area (Å²) in [5.74, 6) is -2.89. The van der Waals surface area contributed by atoms with E-state index >= 15 is 0 Å². The minimum Gasteiger partial charge on any atom is -0.463 e. The number of aliphatic hydroxyl groups excluding tert-OH is 1. The van der Waals surface area contributed by atoms with E-state index in [1.165, 1.54) is 6.08 Å². The Bertz CT molecular complexity index is 1120. The van der Waals surface area contributed by atoms with Crippen molar-refractivity contribution in [2.45, 2.75) is 44.7 Å². The third-order valence-corrected chi connectivity index (χ3v) is 5.55. The Hall–Kier alpha value is -3.98. The number of carbonyl (C=O) groups is 4. The monoisotopic (exact) mass is 509 g/mol. The van der Waals surface area contributed by atoms with Crippen LogP contribution in [0, 0.1) is 5.92 Å². The molecule has 9 nitrogen and oxygen atoms in total. The highest BCUT2D eigenvalue weighted by atomic mass is 16.5. The van der Waals surface area contributed by atoms with Crippen LogP contribution in [0.15, 0.2) is 67.8 Å². The van der Waals surface area contributed by atoms with Crippen molar-refractivity contribution in [1.29, 1.82) is 0 Å². The second kappa shape index (κ2) is 15.2. The Labute approximate surface area is 217 Å². The van der Waals surface area contributed by atoms with E-state index in [-0.39, 0.29) is 32.5 Å². The summed E-state index contributed by atoms with van der Waals surface area (Å²) in [6, 6.07) is 11.4. The quantitative estimate of drug-likeness (QED) is 0.216. The van der Waals surface area contributed by atoms with Crippen molar-refractivity contribution in [2.24, 2.45) is 5.92 Å². The average Bonchev–Trinajstić information content (AvgIpc) is 2.89. The Morgan fingerprint density at radius 2 is 1.73 bits per heavy atom. The van der Waals surface area contributed by atoms with Crippen LogP contribution < -0.4 is 16.0 Å². The zero-order valence-corrected chi connectivity index (χ0v) is 21.1. The van der Waals surface area contributed by atoms with Gasteiger partial charge in [-0.25, -0.2) is 0 Å². The number of hydrogen-bond acceptors (Lipinski definition) is 6. The summed E-state index contributed by atoms with van der Waals surface area (Å²) in [6.45, 7) is 8.22. The van der Waals surface area contributed by atoms with E-state index in [1.54, 1.807) is 25.1 Å². The second-order valence-corrected chi connectivity index (χ2v) is 8.70. The highest BCUT2D eigenvalue weighted by Crippen LogP contribution is 2.19. The van der Waals surface area contributed by atoms with E-state index in [2.05, 4.69) is 29.1 Å². The molecule has 0 saturated heterocycles. The molecule has 4 N–H and O–H groups in total. The summed E-state index contributed by atoms with van der Waals surface area (Å²) in [7, 11) is 0. The average molecular weight is 510 g/mol. The number of carbonyl (C=O) groups excluding carboxylic acids is 4. The lowest BCUT2D eigenvalue weighted by atomic mass is 9.99. The number of ether oxygens (including phenoxy) is 1. The number of hydrogen-bond donors (Lipinski definition) is 4. The lowest BCUT2D eigenvalue weighted by molar-refractivity contribution is -0.146. The SMILES string of the molecule is C=CCCC(=O)OC[C@H](NC(=O)[C@@H](CC=C)CC(=O)N[C@@H](C)CO)C(=O)Nc1ccc2ccccc2c1. The number of anilines is 1. The minimum absolute atomic E-state index is 0.0960. The number of allylic oxidation sites excluding steroid dienone is 2. The number of amides is 3. The standard InChI is InChI=1S/C28H35N3O6/c1-4-6-12-26(34)37-18-24(28(36)30-23-14-13-20-10-7-8-11-21(20)15-23)31-27(35)22(9-5-2)16-25(33)29-19(3)17-32/h4-5,7-8,10-11,13-15,19,22,24,32H,1-2,6,9,12,16-18H2,3H3,(H,29,33)(H,30,36)(H,31,35)/t19-,22-,24-/m0/s1. The molecule has 0 aliphatic rings. The van der Waals surface area contributed by atoms with E-state index < -0.39 is 41.7 Å². The number of nitrogens with one attached hydrogen (secondary N) is 3. The number of esters is 1. The first-order valence-electron chi connectivity index (χ1n) is 12.1. The van der Waals surface area contributed by atoms with Crippen LogP contribution >= 0.6 is 0 Å². The summed E-state index contributed by atoms with van der Waals surface area (Å²) < 4.78 is 5.23. The number of benzene rings is 2. The maximum absolute atomic E-state index is 13.1. The highest BCUT2D eigenvalue weighted by molar-refractivity contribution is 5.99. The molecule has 198 valence electrons. The molecule has 0 heterocycles. The minimum atomic E-state index is -1.20. The topological polar surface area (TPSA) is 134 Å². The molecule has 0 bridgehead atoms. The van der Waals surface area contributed by atoms with Gasteiger partial charge >= 0.3 is 5.97 Å². The molecular formula is C28H35N3O6. The summed E-state index contributed by atoms with van der Waals surface area (Å²) in [5, 5.41) is 19.0. The zero-order chi connectivity index (χ0) is 27.2. The Kier molecular flexibility index (Phi) is 12.0. The van der Waals surface area contributed by atoms with Gasteiger partial charge in [-0.1, -0.05) is 42.5 Å². The predicted octanol–water partition coefficient (Wildman–Crippen LogP) is 2.85. The fourth-order valence-corrected chi connectivity index (χ4v) is 3.52. The van der Waals surface area contributed by atoms with E-state index in [0.29, 0.717) is 12.1 Å². The first-order chi connectivity index (χ1) is 17.8. The van der Waals surface area contributed by atoms with Gasteiger partial charge in [0.1, 0.15) is 12.6 Å². The fraction of sp³-hybridized carbons (Fsp3) is 0.357. The maximum atomic E-state index is 13.1. The van der Waals surface area contributed by atoms with Gasteiger partial charge < -0.3 is 25.8 Å². The van der Waals surface area contributed by atoms with Crippen LogP contribution in [0.1, 0.15) is 32.6 Å². The Morgan fingerprint density at radius 3 is 2.41 bits per heavy atom. The van der Waals surface area contributed by atoms with Gasteiger partial charge in [0.05, 0.1) is 12.5 Å². The third kappa shape index (κ3) is 9.89. The molecular weight excluding hydrogens is 474 g/mol. The van der Waals surface area contributed by atoms with Crippen LogP contribution in [-0.4, -0.2) is 54.1 Å². The Morgan fingerprint density at radius 1 is 1.00 bits per heavy atom. The predicted molar refractivity (Wildman–Crippen MR) is 143 cm³/mol. The van der Waals surface area contributed by atoms with Crippen molar-refractivity contribution >= 4 is 40.2 Å². The van der Waals surface area contributed by atoms with Crippen molar-refractivity contribution < 1.29 is 29.0 Å². The van der Waals surface area contributed by atoms with Crippen molar-refractivity contribution in [3.63, 3.8) is 0 Å². The second-order valence-electron chi connectivity index (χ2n) is 8.70. The highest BCUT2D eigenvalue weighted by Gasteiger charge is 2.28. The lowest BCUT2D eigenvalue weighted by Crippen LogP contribution is -2.49. The van der Waals surface area contributed by atoms with E-state index in [9.17, 15) is 19.2 Å². The molecule has 37 heavy (non-hydrogen) atoms. The summed E-state index contributed by atoms with van der Waals surface area (Å²) in [6.07, 6.45) is 3.62. The molecule has 0 spiro atoms. The van der Waals surface area contributed by atoms with Gasteiger partial charge in [-0.15, -0.1) is 13.2 Å². The van der Waals surface area contributed by atoms with Crippen molar-refractivity contribution in [3.8, 4) is 0 Å². The maximum Gasteiger partial charge on any atom is 0.306 e. The van der Waals surface area contributed by atoms with E-state index in [4.69, 9.17) is 9.84 Å². The summed E-state index contributed by atoms with van der Waals surface area (Å²) >= 11 is 0. The number of aliphatic hydroxyl groups is 1. The molecule has 0 aliphatic carbocycles. The van der Waals surface area contributed by atoms with Gasteiger partial charge in [-0.3, -0.25) is 19.2 Å². The van der Waals surface area contributed by atoms with Crippen LogP contribution in [0.4, 0.5) is 5.69 Å². The van der Waals surface area contributed by atoms with Gasteiger partial charge in [0.25, 0.3) is 5.91 Å². The van der Waals surface area contributed by atoms with Crippen molar-refractivity contribution in [3.05, 3.63) is 67.8 Å². The molecule has 2 rings (SSSR count). The molecule has 0 saturated carbocycles. The molecule has 0 fully saturated rings. The molecule has 0 radical (unpaired) electrons. The van der Waals surface area contributed by atoms with Gasteiger partial charge in [-0.05, 0) is 42.7 Å². The lowest BCUT2D eigenvalue weighted by Gasteiger charge is -2.22. The molecule has 2 aromatic rings. The van der Waals surface area contributed by atoms with Crippen LogP contribution in [0.25, 0.3) is 10.8 Å². The van der Waals surface area contributed by atoms with Gasteiger partial charge in [0.2, 0.25) is 11.8 Å². The van der Waals surface area contributed by atoms with Gasteiger partial charge in [0.15, 0.2) is 0 Å². The largest absolute Gasteiger partial charge is 0.463 e. The van der Waals surface area contributed by atoms with Crippen LogP contribution in [0.5, 0.6) is 0 Å². The first kappa shape index (κ1) is 29.3. The summed E-state index contributed by atoms with van der Waals surface area (Å²) in [5.41, 5.74) is 0.515. The zero-order valence-electron chi connectivity index (χ0n) is 21.1. The molecule has 0 unspecified atom stereocenters. The normalized spacial score (nSPS) is 13.0.